The number of hydrogen-bond acceptors (Lipinski definition) is 2. The standard InChI is InChI=1S/C13H19FN2/c1-2-16(8-10-6-7-10)9-11-12(14)4-3-5-13(11)15/h3-5,10H,2,6-9,15H2,1H3. The molecule has 0 amide bonds. The molecule has 0 aliphatic heterocycles. The second-order valence-electron chi connectivity index (χ2n) is 4.58. The van der Waals surface area contributed by atoms with Gasteiger partial charge in [-0.05, 0) is 37.4 Å². The van der Waals surface area contributed by atoms with E-state index >= 15 is 0 Å². The number of nitrogens with zero attached hydrogens (tertiary/aromatic N) is 1. The lowest BCUT2D eigenvalue weighted by atomic mass is 10.1. The van der Waals surface area contributed by atoms with Gasteiger partial charge in [0.25, 0.3) is 0 Å². The summed E-state index contributed by atoms with van der Waals surface area (Å²) >= 11 is 0. The summed E-state index contributed by atoms with van der Waals surface area (Å²) < 4.78 is 13.6. The zero-order valence-corrected chi connectivity index (χ0v) is 9.75. The number of benzene rings is 1. The van der Waals surface area contributed by atoms with Crippen molar-refractivity contribution in [3.63, 3.8) is 0 Å². The molecule has 0 spiro atoms. The first-order valence-electron chi connectivity index (χ1n) is 5.96. The smallest absolute Gasteiger partial charge is 0.129 e. The Morgan fingerprint density at radius 3 is 2.75 bits per heavy atom. The van der Waals surface area contributed by atoms with Crippen LogP contribution in [0.25, 0.3) is 0 Å². The maximum absolute atomic E-state index is 13.6. The molecule has 2 N–H and O–H groups in total. The lowest BCUT2D eigenvalue weighted by Crippen LogP contribution is -2.26. The zero-order valence-electron chi connectivity index (χ0n) is 9.75. The zero-order chi connectivity index (χ0) is 11.5. The van der Waals surface area contributed by atoms with E-state index in [0.29, 0.717) is 17.8 Å². The van der Waals surface area contributed by atoms with Crippen LogP contribution in [0.4, 0.5) is 10.1 Å². The third-order valence-corrected chi connectivity index (χ3v) is 3.20. The predicted molar refractivity (Wildman–Crippen MR) is 64.5 cm³/mol. The lowest BCUT2D eigenvalue weighted by Gasteiger charge is -2.21. The van der Waals surface area contributed by atoms with Gasteiger partial charge in [0.1, 0.15) is 5.82 Å². The highest BCUT2D eigenvalue weighted by atomic mass is 19.1. The van der Waals surface area contributed by atoms with Crippen molar-refractivity contribution in [2.75, 3.05) is 18.8 Å². The van der Waals surface area contributed by atoms with Crippen LogP contribution < -0.4 is 5.73 Å². The first kappa shape index (κ1) is 11.4. The quantitative estimate of drug-likeness (QED) is 0.776. The van der Waals surface area contributed by atoms with E-state index in [1.165, 1.54) is 18.9 Å². The van der Waals surface area contributed by atoms with Crippen LogP contribution in [0.3, 0.4) is 0 Å². The van der Waals surface area contributed by atoms with Gasteiger partial charge in [0.05, 0.1) is 0 Å². The van der Waals surface area contributed by atoms with Crippen molar-refractivity contribution in [3.05, 3.63) is 29.6 Å². The molecule has 0 aromatic heterocycles. The Balaban J connectivity index is 2.05. The van der Waals surface area contributed by atoms with Crippen LogP contribution in [0.15, 0.2) is 18.2 Å². The molecule has 1 fully saturated rings. The summed E-state index contributed by atoms with van der Waals surface area (Å²) in [6.45, 7) is 4.76. The average molecular weight is 222 g/mol. The van der Waals surface area contributed by atoms with E-state index in [4.69, 9.17) is 5.73 Å². The fourth-order valence-corrected chi connectivity index (χ4v) is 1.94. The average Bonchev–Trinajstić information content (AvgIpc) is 3.06. The van der Waals surface area contributed by atoms with Crippen molar-refractivity contribution in [1.82, 2.24) is 4.90 Å². The molecule has 16 heavy (non-hydrogen) atoms. The maximum atomic E-state index is 13.6. The molecular weight excluding hydrogens is 203 g/mol. The van der Waals surface area contributed by atoms with Crippen LogP contribution in [-0.2, 0) is 6.54 Å². The van der Waals surface area contributed by atoms with E-state index in [9.17, 15) is 4.39 Å². The van der Waals surface area contributed by atoms with Crippen LogP contribution >= 0.6 is 0 Å². The molecular formula is C13H19FN2. The van der Waals surface area contributed by atoms with Gasteiger partial charge in [0.2, 0.25) is 0 Å². The first-order valence-corrected chi connectivity index (χ1v) is 5.96. The Morgan fingerprint density at radius 2 is 2.19 bits per heavy atom. The van der Waals surface area contributed by atoms with Crippen molar-refractivity contribution >= 4 is 5.69 Å². The van der Waals surface area contributed by atoms with E-state index in [1.807, 2.05) is 0 Å². The van der Waals surface area contributed by atoms with Gasteiger partial charge in [-0.15, -0.1) is 0 Å². The molecule has 2 rings (SSSR count). The second kappa shape index (κ2) is 4.83. The van der Waals surface area contributed by atoms with E-state index in [-0.39, 0.29) is 5.82 Å². The fourth-order valence-electron chi connectivity index (χ4n) is 1.94. The van der Waals surface area contributed by atoms with Gasteiger partial charge in [0, 0.05) is 24.3 Å². The molecule has 1 aliphatic rings. The number of nitrogens with two attached hydrogens (primary N) is 1. The summed E-state index contributed by atoms with van der Waals surface area (Å²) in [6.07, 6.45) is 2.65. The van der Waals surface area contributed by atoms with Crippen molar-refractivity contribution in [2.45, 2.75) is 26.3 Å². The highest BCUT2D eigenvalue weighted by molar-refractivity contribution is 5.47. The summed E-state index contributed by atoms with van der Waals surface area (Å²) in [5.74, 6) is 0.641. The summed E-state index contributed by atoms with van der Waals surface area (Å²) in [5, 5.41) is 0. The van der Waals surface area contributed by atoms with Gasteiger partial charge < -0.3 is 5.73 Å². The largest absolute Gasteiger partial charge is 0.398 e. The minimum atomic E-state index is -0.186. The molecule has 0 atom stereocenters. The molecule has 1 aromatic rings. The molecule has 1 saturated carbocycles. The molecule has 0 unspecified atom stereocenters. The minimum Gasteiger partial charge on any atom is -0.398 e. The number of halogens is 1. The number of rotatable bonds is 5. The Kier molecular flexibility index (Phi) is 3.44. The molecule has 0 bridgehead atoms. The lowest BCUT2D eigenvalue weighted by molar-refractivity contribution is 0.265. The third kappa shape index (κ3) is 2.73. The Labute approximate surface area is 96.2 Å². The van der Waals surface area contributed by atoms with Gasteiger partial charge in [-0.25, -0.2) is 4.39 Å². The number of nitrogen functional groups attached to an aromatic ring is 1. The van der Waals surface area contributed by atoms with Crippen molar-refractivity contribution in [3.8, 4) is 0 Å². The monoisotopic (exact) mass is 222 g/mol. The van der Waals surface area contributed by atoms with Crippen LogP contribution in [-0.4, -0.2) is 18.0 Å². The predicted octanol–water partition coefficient (Wildman–Crippen LogP) is 2.64. The van der Waals surface area contributed by atoms with Crippen molar-refractivity contribution < 1.29 is 4.39 Å². The van der Waals surface area contributed by atoms with E-state index in [2.05, 4.69) is 11.8 Å². The maximum Gasteiger partial charge on any atom is 0.129 e. The van der Waals surface area contributed by atoms with Crippen LogP contribution in [0, 0.1) is 11.7 Å². The van der Waals surface area contributed by atoms with E-state index in [1.54, 1.807) is 12.1 Å². The van der Waals surface area contributed by atoms with Gasteiger partial charge in [0.15, 0.2) is 0 Å². The Bertz CT molecular complexity index is 341. The second-order valence-corrected chi connectivity index (χ2v) is 4.58. The molecule has 3 heteroatoms. The summed E-state index contributed by atoms with van der Waals surface area (Å²) in [4.78, 5) is 2.27. The topological polar surface area (TPSA) is 29.3 Å². The highest BCUT2D eigenvalue weighted by Gasteiger charge is 2.24. The molecule has 1 aliphatic carbocycles. The van der Waals surface area contributed by atoms with Gasteiger partial charge in [-0.1, -0.05) is 13.0 Å². The summed E-state index contributed by atoms with van der Waals surface area (Å²) in [7, 11) is 0. The van der Waals surface area contributed by atoms with E-state index in [0.717, 1.165) is 19.0 Å². The molecule has 2 nitrogen and oxygen atoms in total. The minimum absolute atomic E-state index is 0.186. The number of anilines is 1. The highest BCUT2D eigenvalue weighted by Crippen LogP contribution is 2.30. The molecule has 0 saturated heterocycles. The fraction of sp³-hybridized carbons (Fsp3) is 0.538. The SMILES string of the molecule is CCN(Cc1c(N)cccc1F)CC1CC1. The molecule has 0 heterocycles. The molecule has 88 valence electrons. The van der Waals surface area contributed by atoms with Crippen LogP contribution in [0.2, 0.25) is 0 Å². The molecule has 0 radical (unpaired) electrons. The number of hydrogen-bond donors (Lipinski definition) is 1. The van der Waals surface area contributed by atoms with Gasteiger partial charge >= 0.3 is 0 Å². The third-order valence-electron chi connectivity index (χ3n) is 3.20. The van der Waals surface area contributed by atoms with Crippen molar-refractivity contribution in [2.24, 2.45) is 5.92 Å². The van der Waals surface area contributed by atoms with Crippen molar-refractivity contribution in [1.29, 1.82) is 0 Å². The normalized spacial score (nSPS) is 15.7. The van der Waals surface area contributed by atoms with Gasteiger partial charge in [-0.2, -0.15) is 0 Å². The summed E-state index contributed by atoms with van der Waals surface area (Å²) in [5.41, 5.74) is 7.01. The summed E-state index contributed by atoms with van der Waals surface area (Å²) in [6, 6.07) is 4.91. The Hall–Kier alpha value is -1.09. The molecule has 1 aromatic carbocycles. The van der Waals surface area contributed by atoms with Crippen LogP contribution in [0.1, 0.15) is 25.3 Å². The Morgan fingerprint density at radius 1 is 1.44 bits per heavy atom. The first-order chi connectivity index (χ1) is 7.70. The van der Waals surface area contributed by atoms with Crippen LogP contribution in [0.5, 0.6) is 0 Å². The van der Waals surface area contributed by atoms with Gasteiger partial charge in [-0.3, -0.25) is 4.90 Å². The van der Waals surface area contributed by atoms with E-state index < -0.39 is 0 Å².